The lowest BCUT2D eigenvalue weighted by Gasteiger charge is -2.01. The highest BCUT2D eigenvalue weighted by Gasteiger charge is 2.08. The Labute approximate surface area is 113 Å². The van der Waals surface area contributed by atoms with Crippen LogP contribution in [0.1, 0.15) is 5.56 Å². The van der Waals surface area contributed by atoms with E-state index in [2.05, 4.69) is 60.4 Å². The third-order valence-corrected chi connectivity index (χ3v) is 4.54. The first-order valence-corrected chi connectivity index (χ1v) is 5.99. The largest absolute Gasteiger partial charge is 0.275 e. The molecular weight excluding hydrogens is 420 g/mol. The summed E-state index contributed by atoms with van der Waals surface area (Å²) in [5.41, 5.74) is 0.486. The van der Waals surface area contributed by atoms with E-state index in [0.29, 0.717) is 11.4 Å². The Morgan fingerprint density at radius 3 is 2.80 bits per heavy atom. The normalized spacial score (nSPS) is 9.93. The Bertz CT molecular complexity index is 542. The summed E-state index contributed by atoms with van der Waals surface area (Å²) in [7, 11) is 0. The molecule has 0 radical (unpaired) electrons. The molecule has 0 bridgehead atoms. The number of rotatable bonds is 1. The number of halogens is 2. The van der Waals surface area contributed by atoms with Crippen LogP contribution in [0.25, 0.3) is 5.82 Å². The molecule has 2 aromatic heterocycles. The average molecular weight is 423 g/mol. The molecule has 0 amide bonds. The van der Waals surface area contributed by atoms with E-state index < -0.39 is 0 Å². The van der Waals surface area contributed by atoms with Crippen LogP contribution in [-0.4, -0.2) is 19.7 Å². The van der Waals surface area contributed by atoms with Crippen molar-refractivity contribution < 1.29 is 0 Å². The second-order valence-corrected chi connectivity index (χ2v) is 4.65. The van der Waals surface area contributed by atoms with Gasteiger partial charge in [-0.25, -0.2) is 4.98 Å². The van der Waals surface area contributed by atoms with E-state index in [1.54, 1.807) is 17.0 Å². The van der Waals surface area contributed by atoms with Crippen LogP contribution < -0.4 is 0 Å². The number of hydrogen-bond donors (Lipinski definition) is 0. The minimum Gasteiger partial charge on any atom is -0.275 e. The predicted molar refractivity (Wildman–Crippen MR) is 69.3 cm³/mol. The van der Waals surface area contributed by atoms with Gasteiger partial charge in [-0.15, -0.1) is 5.10 Å². The summed E-state index contributed by atoms with van der Waals surface area (Å²) in [5, 5.41) is 16.4. The zero-order valence-electron chi connectivity index (χ0n) is 7.22. The standard InChI is InChI=1S/C8H3I2N5/c9-7-8(10)15(4-12-7)6-1-5(2-11)3-13-14-6/h1,3-4H. The van der Waals surface area contributed by atoms with Crippen molar-refractivity contribution in [2.24, 2.45) is 0 Å². The summed E-state index contributed by atoms with van der Waals surface area (Å²) in [6, 6.07) is 3.70. The van der Waals surface area contributed by atoms with Gasteiger partial charge < -0.3 is 0 Å². The minimum atomic E-state index is 0.486. The molecule has 0 saturated heterocycles. The molecule has 0 saturated carbocycles. The zero-order chi connectivity index (χ0) is 10.8. The van der Waals surface area contributed by atoms with Gasteiger partial charge in [-0.3, -0.25) is 4.57 Å². The minimum absolute atomic E-state index is 0.486. The second kappa shape index (κ2) is 4.40. The molecule has 0 aliphatic heterocycles. The SMILES string of the molecule is N#Cc1cnnc(-n2cnc(I)c2I)c1. The summed E-state index contributed by atoms with van der Waals surface area (Å²) in [6.07, 6.45) is 3.09. The molecule has 2 rings (SSSR count). The van der Waals surface area contributed by atoms with Gasteiger partial charge in [0.15, 0.2) is 5.82 Å². The van der Waals surface area contributed by atoms with Gasteiger partial charge in [0.2, 0.25) is 0 Å². The number of nitriles is 1. The molecule has 7 heteroatoms. The van der Waals surface area contributed by atoms with E-state index >= 15 is 0 Å². The van der Waals surface area contributed by atoms with Crippen molar-refractivity contribution in [3.8, 4) is 11.9 Å². The maximum Gasteiger partial charge on any atom is 0.162 e. The Morgan fingerprint density at radius 1 is 1.40 bits per heavy atom. The molecule has 0 aliphatic rings. The van der Waals surface area contributed by atoms with Crippen LogP contribution in [0.3, 0.4) is 0 Å². The van der Waals surface area contributed by atoms with Gasteiger partial charge in [-0.05, 0) is 45.2 Å². The van der Waals surface area contributed by atoms with Crippen LogP contribution in [0.4, 0.5) is 0 Å². The molecule has 2 heterocycles. The van der Waals surface area contributed by atoms with Crippen molar-refractivity contribution in [2.45, 2.75) is 0 Å². The van der Waals surface area contributed by atoms with Crippen molar-refractivity contribution in [2.75, 3.05) is 0 Å². The summed E-state index contributed by atoms with van der Waals surface area (Å²) in [5.74, 6) is 0.605. The van der Waals surface area contributed by atoms with Crippen LogP contribution in [0.2, 0.25) is 0 Å². The Balaban J connectivity index is 2.55. The zero-order valence-corrected chi connectivity index (χ0v) is 11.5. The van der Waals surface area contributed by atoms with Gasteiger partial charge in [0.05, 0.1) is 11.8 Å². The molecule has 2 aromatic rings. The summed E-state index contributed by atoms with van der Waals surface area (Å²) < 4.78 is 3.64. The molecule has 0 fully saturated rings. The molecule has 0 aliphatic carbocycles. The fourth-order valence-corrected chi connectivity index (χ4v) is 1.90. The van der Waals surface area contributed by atoms with E-state index in [1.807, 2.05) is 6.07 Å². The van der Waals surface area contributed by atoms with Gasteiger partial charge >= 0.3 is 0 Å². The van der Waals surface area contributed by atoms with Gasteiger partial charge in [-0.1, -0.05) is 0 Å². The van der Waals surface area contributed by atoms with Crippen LogP contribution in [0.15, 0.2) is 18.6 Å². The number of aromatic nitrogens is 4. The lowest BCUT2D eigenvalue weighted by molar-refractivity contribution is 0.895. The maximum atomic E-state index is 8.74. The van der Waals surface area contributed by atoms with E-state index in [1.165, 1.54) is 6.20 Å². The van der Waals surface area contributed by atoms with Crippen LogP contribution in [0.5, 0.6) is 0 Å². The Kier molecular flexibility index (Phi) is 3.15. The molecule has 74 valence electrons. The summed E-state index contributed by atoms with van der Waals surface area (Å²) in [6.45, 7) is 0. The van der Waals surface area contributed by atoms with Crippen molar-refractivity contribution in [1.29, 1.82) is 5.26 Å². The monoisotopic (exact) mass is 423 g/mol. The molecule has 15 heavy (non-hydrogen) atoms. The molecular formula is C8H3I2N5. The highest BCUT2D eigenvalue weighted by Crippen LogP contribution is 2.16. The maximum absolute atomic E-state index is 8.74. The fourth-order valence-electron chi connectivity index (χ4n) is 1.01. The van der Waals surface area contributed by atoms with Crippen LogP contribution in [-0.2, 0) is 0 Å². The first kappa shape index (κ1) is 10.7. The van der Waals surface area contributed by atoms with Gasteiger partial charge in [0, 0.05) is 6.07 Å². The second-order valence-electron chi connectivity index (χ2n) is 2.61. The summed E-state index contributed by atoms with van der Waals surface area (Å²) in [4.78, 5) is 4.14. The van der Waals surface area contributed by atoms with E-state index in [9.17, 15) is 0 Å². The number of imidazole rings is 1. The lowest BCUT2D eigenvalue weighted by atomic mass is 10.3. The van der Waals surface area contributed by atoms with Crippen molar-refractivity contribution >= 4 is 45.2 Å². The van der Waals surface area contributed by atoms with E-state index in [4.69, 9.17) is 5.26 Å². The average Bonchev–Trinajstić information content (AvgIpc) is 2.60. The highest BCUT2D eigenvalue weighted by atomic mass is 127. The number of hydrogen-bond acceptors (Lipinski definition) is 4. The van der Waals surface area contributed by atoms with Gasteiger partial charge in [0.25, 0.3) is 0 Å². The van der Waals surface area contributed by atoms with Gasteiger partial charge in [0.1, 0.15) is 19.8 Å². The first-order valence-electron chi connectivity index (χ1n) is 3.84. The third kappa shape index (κ3) is 2.10. The van der Waals surface area contributed by atoms with Crippen molar-refractivity contribution in [3.05, 3.63) is 31.6 Å². The van der Waals surface area contributed by atoms with Gasteiger partial charge in [-0.2, -0.15) is 10.4 Å². The van der Waals surface area contributed by atoms with Crippen LogP contribution in [0, 0.1) is 18.7 Å². The molecule has 5 nitrogen and oxygen atoms in total. The lowest BCUT2D eigenvalue weighted by Crippen LogP contribution is -2.00. The van der Waals surface area contributed by atoms with Crippen LogP contribution >= 0.6 is 45.2 Å². The summed E-state index contributed by atoms with van der Waals surface area (Å²) >= 11 is 4.31. The third-order valence-electron chi connectivity index (χ3n) is 1.69. The Hall–Kier alpha value is -0.760. The predicted octanol–water partition coefficient (Wildman–Crippen LogP) is 1.74. The van der Waals surface area contributed by atoms with Crippen molar-refractivity contribution in [3.63, 3.8) is 0 Å². The van der Waals surface area contributed by atoms with E-state index in [-0.39, 0.29) is 0 Å². The molecule has 0 spiro atoms. The van der Waals surface area contributed by atoms with Crippen molar-refractivity contribution in [1.82, 2.24) is 19.7 Å². The fraction of sp³-hybridized carbons (Fsp3) is 0. The smallest absolute Gasteiger partial charge is 0.162 e. The molecule has 0 aromatic carbocycles. The topological polar surface area (TPSA) is 67.4 Å². The molecule has 0 atom stereocenters. The molecule has 0 unspecified atom stereocenters. The Morgan fingerprint density at radius 2 is 2.20 bits per heavy atom. The molecule has 0 N–H and O–H groups in total. The quantitative estimate of drug-likeness (QED) is 0.656. The number of nitrogens with zero attached hydrogens (tertiary/aromatic N) is 5. The van der Waals surface area contributed by atoms with E-state index in [0.717, 1.165) is 7.40 Å². The highest BCUT2D eigenvalue weighted by molar-refractivity contribution is 14.1. The first-order chi connectivity index (χ1) is 7.22.